The van der Waals surface area contributed by atoms with Crippen molar-refractivity contribution in [3.05, 3.63) is 47.6 Å². The number of nitrogens with two attached hydrogens (primary N) is 1. The monoisotopic (exact) mass is 517 g/mol. The molecule has 186 valence electrons. The fourth-order valence-electron chi connectivity index (χ4n) is 3.35. The van der Waals surface area contributed by atoms with Gasteiger partial charge in [-0.25, -0.2) is 18.4 Å². The summed E-state index contributed by atoms with van der Waals surface area (Å²) in [6.45, 7) is 2.77. The number of thiazole rings is 1. The van der Waals surface area contributed by atoms with Crippen LogP contribution < -0.4 is 20.5 Å². The Bertz CT molecular complexity index is 1280. The Hall–Kier alpha value is -3.16. The van der Waals surface area contributed by atoms with Gasteiger partial charge in [0.05, 0.1) is 46.6 Å². The highest BCUT2D eigenvalue weighted by Crippen LogP contribution is 2.30. The van der Waals surface area contributed by atoms with Crippen molar-refractivity contribution in [1.29, 1.82) is 0 Å². The molecule has 4 N–H and O–H groups in total. The maximum Gasteiger partial charge on any atom is 0.280 e. The van der Waals surface area contributed by atoms with Crippen LogP contribution in [0.3, 0.4) is 0 Å². The summed E-state index contributed by atoms with van der Waals surface area (Å²) in [4.78, 5) is 30.8. The predicted molar refractivity (Wildman–Crippen MR) is 133 cm³/mol. The second-order valence-corrected chi connectivity index (χ2v) is 11.0. The predicted octanol–water partition coefficient (Wildman–Crippen LogP) is 2.51. The van der Waals surface area contributed by atoms with Crippen molar-refractivity contribution in [1.82, 2.24) is 25.3 Å². The van der Waals surface area contributed by atoms with Gasteiger partial charge in [0.25, 0.3) is 5.91 Å². The molecule has 3 aromatic rings. The molecule has 3 aromatic heterocycles. The van der Waals surface area contributed by atoms with Crippen LogP contribution in [0.15, 0.2) is 36.9 Å². The van der Waals surface area contributed by atoms with E-state index < -0.39 is 16.1 Å². The molecular formula is C22H27N7O4S2. The number of nitrogens with one attached hydrogen (secondary N) is 2. The van der Waals surface area contributed by atoms with Crippen LogP contribution in [0.1, 0.15) is 54.1 Å². The fourth-order valence-corrected chi connectivity index (χ4v) is 5.50. The number of pyridine rings is 1. The summed E-state index contributed by atoms with van der Waals surface area (Å²) in [6.07, 6.45) is 8.71. The number of hydrogen-bond donors (Lipinski definition) is 3. The molecule has 0 aliphatic heterocycles. The first kappa shape index (κ1) is 24.9. The smallest absolute Gasteiger partial charge is 0.280 e. The van der Waals surface area contributed by atoms with Gasteiger partial charge >= 0.3 is 0 Å². The minimum Gasteiger partial charge on any atom is -0.477 e. The van der Waals surface area contributed by atoms with Crippen LogP contribution in [0.25, 0.3) is 10.6 Å². The van der Waals surface area contributed by atoms with E-state index >= 15 is 0 Å². The first-order valence-corrected chi connectivity index (χ1v) is 13.7. The van der Waals surface area contributed by atoms with Gasteiger partial charge in [0.15, 0.2) is 5.01 Å². The van der Waals surface area contributed by atoms with Crippen LogP contribution in [0.4, 0.5) is 5.69 Å². The molecule has 1 unspecified atom stereocenters. The lowest BCUT2D eigenvalue weighted by Gasteiger charge is -2.18. The molecule has 0 bridgehead atoms. The third-order valence-corrected chi connectivity index (χ3v) is 8.11. The van der Waals surface area contributed by atoms with Crippen molar-refractivity contribution < 1.29 is 17.9 Å². The van der Waals surface area contributed by atoms with Gasteiger partial charge < -0.3 is 15.8 Å². The standard InChI is InChI=1S/C22H27N7O4S2/c1-2-33-20-13-24-11-18(27-20)19-12-26-22(34-19)21(30)28-16(4-3-8-23)17-10-14(7-9-25-17)29-35(31,32)15-5-6-15/h7,9-13,15-16H,2-6,8,23H2,1H3,(H,25,29)(H,28,30). The number of amides is 1. The topological polar surface area (TPSA) is 162 Å². The van der Waals surface area contributed by atoms with Gasteiger partial charge in [-0.3, -0.25) is 19.5 Å². The van der Waals surface area contributed by atoms with Gasteiger partial charge in [0.2, 0.25) is 15.9 Å². The van der Waals surface area contributed by atoms with Crippen LogP contribution in [0.2, 0.25) is 0 Å². The Morgan fingerprint density at radius 2 is 2.11 bits per heavy atom. The van der Waals surface area contributed by atoms with Crippen molar-refractivity contribution in [2.45, 2.75) is 43.9 Å². The number of anilines is 1. The first-order chi connectivity index (χ1) is 16.9. The van der Waals surface area contributed by atoms with Crippen molar-refractivity contribution in [2.24, 2.45) is 5.73 Å². The highest BCUT2D eigenvalue weighted by molar-refractivity contribution is 7.93. The molecule has 0 aromatic carbocycles. The highest BCUT2D eigenvalue weighted by atomic mass is 32.2. The van der Waals surface area contributed by atoms with Gasteiger partial charge in [0.1, 0.15) is 5.69 Å². The SMILES string of the molecule is CCOc1cncc(-c2cnc(C(=O)NC(CCCN)c3cc(NS(=O)(=O)C4CC4)ccn3)s2)n1. The lowest BCUT2D eigenvalue weighted by Crippen LogP contribution is -2.29. The van der Waals surface area contributed by atoms with E-state index in [-0.39, 0.29) is 16.2 Å². The average molecular weight is 518 g/mol. The Morgan fingerprint density at radius 1 is 1.29 bits per heavy atom. The minimum atomic E-state index is -3.41. The van der Waals surface area contributed by atoms with E-state index in [0.29, 0.717) is 66.7 Å². The van der Waals surface area contributed by atoms with Gasteiger partial charge in [-0.15, -0.1) is 11.3 Å². The zero-order chi connectivity index (χ0) is 24.8. The van der Waals surface area contributed by atoms with Crippen molar-refractivity contribution in [3.8, 4) is 16.5 Å². The van der Waals surface area contributed by atoms with Crippen LogP contribution in [-0.2, 0) is 10.0 Å². The molecule has 1 fully saturated rings. The number of aromatic nitrogens is 4. The molecule has 1 aliphatic rings. The molecule has 3 heterocycles. The Morgan fingerprint density at radius 3 is 2.86 bits per heavy atom. The second-order valence-electron chi connectivity index (χ2n) is 7.98. The lowest BCUT2D eigenvalue weighted by molar-refractivity contribution is 0.0933. The molecule has 1 atom stereocenters. The highest BCUT2D eigenvalue weighted by Gasteiger charge is 2.35. The molecule has 0 spiro atoms. The summed E-state index contributed by atoms with van der Waals surface area (Å²) in [5, 5.41) is 2.87. The molecule has 4 rings (SSSR count). The third kappa shape index (κ3) is 6.50. The van der Waals surface area contributed by atoms with E-state index in [1.807, 2.05) is 6.92 Å². The van der Waals surface area contributed by atoms with Gasteiger partial charge in [-0.05, 0) is 51.3 Å². The average Bonchev–Trinajstić information content (AvgIpc) is 3.60. The first-order valence-electron chi connectivity index (χ1n) is 11.3. The van der Waals surface area contributed by atoms with E-state index in [1.165, 1.54) is 23.7 Å². The molecule has 11 nitrogen and oxygen atoms in total. The normalized spacial score (nSPS) is 14.3. The minimum absolute atomic E-state index is 0.256. The van der Waals surface area contributed by atoms with E-state index in [1.54, 1.807) is 24.5 Å². The van der Waals surface area contributed by atoms with E-state index in [2.05, 4.69) is 30.0 Å². The number of rotatable bonds is 12. The van der Waals surface area contributed by atoms with Gasteiger partial charge in [0, 0.05) is 12.4 Å². The van der Waals surface area contributed by atoms with Gasteiger partial charge in [-0.1, -0.05) is 0 Å². The van der Waals surface area contributed by atoms with E-state index in [9.17, 15) is 13.2 Å². The maximum absolute atomic E-state index is 13.0. The van der Waals surface area contributed by atoms with E-state index in [4.69, 9.17) is 10.5 Å². The largest absolute Gasteiger partial charge is 0.477 e. The zero-order valence-electron chi connectivity index (χ0n) is 19.2. The number of sulfonamides is 1. The Labute approximate surface area is 207 Å². The maximum atomic E-state index is 13.0. The molecule has 0 saturated heterocycles. The number of hydrogen-bond acceptors (Lipinski definition) is 10. The van der Waals surface area contributed by atoms with Gasteiger partial charge in [-0.2, -0.15) is 0 Å². The fraction of sp³-hybridized carbons (Fsp3) is 0.409. The molecular weight excluding hydrogens is 490 g/mol. The summed E-state index contributed by atoms with van der Waals surface area (Å²) in [5.41, 5.74) is 7.21. The van der Waals surface area contributed by atoms with Crippen molar-refractivity contribution >= 4 is 33.0 Å². The summed E-state index contributed by atoms with van der Waals surface area (Å²) in [5.74, 6) is 0.0254. The summed E-state index contributed by atoms with van der Waals surface area (Å²) in [6, 6.07) is 2.77. The Kier molecular flexibility index (Phi) is 7.88. The quantitative estimate of drug-likeness (QED) is 0.328. The number of carbonyl (C=O) groups is 1. The third-order valence-electron chi connectivity index (χ3n) is 5.22. The van der Waals surface area contributed by atoms with Crippen molar-refractivity contribution in [3.63, 3.8) is 0 Å². The summed E-state index contributed by atoms with van der Waals surface area (Å²) in [7, 11) is -3.41. The van der Waals surface area contributed by atoms with Crippen LogP contribution in [-0.4, -0.2) is 52.7 Å². The van der Waals surface area contributed by atoms with E-state index in [0.717, 1.165) is 0 Å². The molecule has 1 saturated carbocycles. The number of carbonyl (C=O) groups excluding carboxylic acids is 1. The summed E-state index contributed by atoms with van der Waals surface area (Å²) >= 11 is 1.19. The van der Waals surface area contributed by atoms with Crippen LogP contribution in [0, 0.1) is 0 Å². The molecule has 35 heavy (non-hydrogen) atoms. The molecule has 1 aliphatic carbocycles. The Balaban J connectivity index is 1.50. The molecule has 1 amide bonds. The van der Waals surface area contributed by atoms with Crippen LogP contribution >= 0.6 is 11.3 Å². The number of nitrogens with zero attached hydrogens (tertiary/aromatic N) is 4. The number of ether oxygens (including phenoxy) is 1. The molecule has 0 radical (unpaired) electrons. The second kappa shape index (κ2) is 11.1. The molecule has 13 heteroatoms. The summed E-state index contributed by atoms with van der Waals surface area (Å²) < 4.78 is 32.6. The zero-order valence-corrected chi connectivity index (χ0v) is 20.8. The lowest BCUT2D eigenvalue weighted by atomic mass is 10.1. The van der Waals surface area contributed by atoms with Crippen molar-refractivity contribution in [2.75, 3.05) is 17.9 Å². The van der Waals surface area contributed by atoms with Crippen LogP contribution in [0.5, 0.6) is 5.88 Å².